The number of nitrogens with one attached hydrogen (secondary N) is 2. The molecule has 0 aliphatic carbocycles. The monoisotopic (exact) mass is 497 g/mol. The maximum absolute atomic E-state index is 12.5. The quantitative estimate of drug-likeness (QED) is 0.339. The molecule has 3 aromatic rings. The van der Waals surface area contributed by atoms with Crippen molar-refractivity contribution >= 4 is 23.7 Å². The summed E-state index contributed by atoms with van der Waals surface area (Å²) >= 11 is 0. The predicted molar refractivity (Wildman–Crippen MR) is 129 cm³/mol. The van der Waals surface area contributed by atoms with Crippen molar-refractivity contribution in [3.05, 3.63) is 72.1 Å². The molecule has 12 heteroatoms. The van der Waals surface area contributed by atoms with Crippen molar-refractivity contribution < 1.29 is 22.8 Å². The van der Waals surface area contributed by atoms with Crippen LogP contribution >= 0.6 is 0 Å². The molecule has 9 nitrogen and oxygen atoms in total. The molecule has 0 unspecified atom stereocenters. The van der Waals surface area contributed by atoms with Gasteiger partial charge < -0.3 is 16.4 Å². The lowest BCUT2D eigenvalue weighted by molar-refractivity contribution is -0.118. The van der Waals surface area contributed by atoms with Gasteiger partial charge in [0, 0.05) is 48.7 Å². The third kappa shape index (κ3) is 6.72. The smallest absolute Gasteiger partial charge is 0.404 e. The predicted octanol–water partition coefficient (Wildman–Crippen LogP) is 3.29. The summed E-state index contributed by atoms with van der Waals surface area (Å²) in [6, 6.07) is 8.49. The second kappa shape index (κ2) is 11.2. The Morgan fingerprint density at radius 2 is 1.86 bits per heavy atom. The second-order valence-corrected chi connectivity index (χ2v) is 7.52. The molecule has 0 aliphatic rings. The number of halogens is 3. The third-order valence-electron chi connectivity index (χ3n) is 4.91. The number of hydrogen-bond acceptors (Lipinski definition) is 7. The highest BCUT2D eigenvalue weighted by Gasteiger charge is 2.26. The summed E-state index contributed by atoms with van der Waals surface area (Å²) in [6.45, 7) is 0.448. The Hall–Kier alpha value is -4.61. The summed E-state index contributed by atoms with van der Waals surface area (Å²) in [5.41, 5.74) is 9.23. The normalized spacial score (nSPS) is 12.0. The SMILES string of the molecule is CNC(=O)c1cc(-c2cncc(-c3cc(NC(=O)/C(C=NCC(F)(F)F)=C/N)ccc3C)c2)ncn1. The number of nitrogens with two attached hydrogens (primary N) is 1. The van der Waals surface area contributed by atoms with Crippen molar-refractivity contribution in [2.24, 2.45) is 10.7 Å². The number of amides is 2. The van der Waals surface area contributed by atoms with Gasteiger partial charge >= 0.3 is 6.18 Å². The van der Waals surface area contributed by atoms with Crippen molar-refractivity contribution in [3.63, 3.8) is 0 Å². The van der Waals surface area contributed by atoms with Crippen LogP contribution in [-0.4, -0.2) is 52.7 Å². The molecule has 36 heavy (non-hydrogen) atoms. The van der Waals surface area contributed by atoms with Crippen molar-refractivity contribution in [3.8, 4) is 22.4 Å². The average molecular weight is 497 g/mol. The van der Waals surface area contributed by atoms with Gasteiger partial charge in [-0.25, -0.2) is 9.97 Å². The standard InChI is InChI=1S/C24H22F3N7O2/c1-14-3-4-18(34-22(35)17(8-28)11-31-12-24(25,26)27)6-19(14)15-5-16(10-30-9-15)20-7-21(23(36)29-2)33-13-32-20/h3-11,13H,12,28H2,1-2H3,(H,29,36)(H,34,35)/b17-8+,31-11?. The molecule has 0 bridgehead atoms. The van der Waals surface area contributed by atoms with E-state index in [1.165, 1.54) is 13.4 Å². The number of aromatic nitrogens is 3. The summed E-state index contributed by atoms with van der Waals surface area (Å²) in [5.74, 6) is -1.07. The summed E-state index contributed by atoms with van der Waals surface area (Å²) in [5, 5.41) is 5.11. The summed E-state index contributed by atoms with van der Waals surface area (Å²) < 4.78 is 36.9. The van der Waals surface area contributed by atoms with Crippen LogP contribution in [0, 0.1) is 6.92 Å². The van der Waals surface area contributed by atoms with Crippen LogP contribution in [0.5, 0.6) is 0 Å². The van der Waals surface area contributed by atoms with Crippen molar-refractivity contribution in [2.75, 3.05) is 18.9 Å². The molecule has 2 aromatic heterocycles. The van der Waals surface area contributed by atoms with Crippen LogP contribution in [0.15, 0.2) is 65.8 Å². The van der Waals surface area contributed by atoms with Gasteiger partial charge in [0.2, 0.25) is 0 Å². The van der Waals surface area contributed by atoms with E-state index >= 15 is 0 Å². The number of aliphatic imine (C=N–C) groups is 1. The first-order valence-electron chi connectivity index (χ1n) is 10.5. The Labute approximate surface area is 204 Å². The number of benzene rings is 1. The van der Waals surface area contributed by atoms with Crippen LogP contribution in [0.3, 0.4) is 0 Å². The summed E-state index contributed by atoms with van der Waals surface area (Å²) in [4.78, 5) is 40.1. The molecule has 4 N–H and O–H groups in total. The largest absolute Gasteiger partial charge is 0.407 e. The Kier molecular flexibility index (Phi) is 8.10. The van der Waals surface area contributed by atoms with Gasteiger partial charge in [-0.3, -0.25) is 19.6 Å². The molecule has 0 saturated heterocycles. The van der Waals surface area contributed by atoms with Gasteiger partial charge in [-0.05, 0) is 42.3 Å². The van der Waals surface area contributed by atoms with Gasteiger partial charge in [0.25, 0.3) is 11.8 Å². The van der Waals surface area contributed by atoms with E-state index in [1.807, 2.05) is 13.0 Å². The van der Waals surface area contributed by atoms with Crippen LogP contribution < -0.4 is 16.4 Å². The van der Waals surface area contributed by atoms with Gasteiger partial charge in [0.1, 0.15) is 18.6 Å². The van der Waals surface area contributed by atoms with E-state index in [0.717, 1.165) is 23.5 Å². The van der Waals surface area contributed by atoms with Gasteiger partial charge in [-0.2, -0.15) is 13.2 Å². The first-order chi connectivity index (χ1) is 17.1. The second-order valence-electron chi connectivity index (χ2n) is 7.52. The van der Waals surface area contributed by atoms with Crippen molar-refractivity contribution in [1.29, 1.82) is 0 Å². The van der Waals surface area contributed by atoms with E-state index in [0.29, 0.717) is 22.5 Å². The van der Waals surface area contributed by atoms with E-state index in [1.54, 1.807) is 36.7 Å². The highest BCUT2D eigenvalue weighted by atomic mass is 19.4. The molecule has 0 fully saturated rings. The van der Waals surface area contributed by atoms with Crippen LogP contribution in [-0.2, 0) is 4.79 Å². The first kappa shape index (κ1) is 26.0. The zero-order chi connectivity index (χ0) is 26.3. The molecular formula is C24H22F3N7O2. The third-order valence-corrected chi connectivity index (χ3v) is 4.91. The lowest BCUT2D eigenvalue weighted by Gasteiger charge is -2.12. The number of hydrogen-bond donors (Lipinski definition) is 3. The fourth-order valence-electron chi connectivity index (χ4n) is 3.13. The highest BCUT2D eigenvalue weighted by molar-refractivity contribution is 6.17. The number of carbonyl (C=O) groups excluding carboxylic acids is 2. The average Bonchev–Trinajstić information content (AvgIpc) is 2.86. The Bertz CT molecular complexity index is 1340. The van der Waals surface area contributed by atoms with E-state index < -0.39 is 18.6 Å². The van der Waals surface area contributed by atoms with Gasteiger partial charge in [0.05, 0.1) is 11.3 Å². The molecule has 2 heterocycles. The van der Waals surface area contributed by atoms with Crippen LogP contribution in [0.2, 0.25) is 0 Å². The Morgan fingerprint density at radius 3 is 2.56 bits per heavy atom. The number of aryl methyl sites for hydroxylation is 1. The van der Waals surface area contributed by atoms with Crippen LogP contribution in [0.25, 0.3) is 22.4 Å². The molecule has 3 rings (SSSR count). The number of rotatable bonds is 7. The molecular weight excluding hydrogens is 475 g/mol. The molecule has 0 radical (unpaired) electrons. The minimum atomic E-state index is -4.49. The van der Waals surface area contributed by atoms with E-state index in [-0.39, 0.29) is 17.2 Å². The zero-order valence-electron chi connectivity index (χ0n) is 19.3. The number of nitrogens with zero attached hydrogens (tertiary/aromatic N) is 4. The van der Waals surface area contributed by atoms with Gasteiger partial charge in [0.15, 0.2) is 0 Å². The number of alkyl halides is 3. The Balaban J connectivity index is 1.86. The van der Waals surface area contributed by atoms with Gasteiger partial charge in [-0.1, -0.05) is 6.07 Å². The van der Waals surface area contributed by atoms with Crippen LogP contribution in [0.1, 0.15) is 16.1 Å². The maximum Gasteiger partial charge on any atom is 0.407 e. The number of pyridine rings is 1. The van der Waals surface area contributed by atoms with E-state index in [4.69, 9.17) is 5.73 Å². The lowest BCUT2D eigenvalue weighted by atomic mass is 9.99. The molecule has 2 amide bonds. The molecule has 186 valence electrons. The first-order valence-corrected chi connectivity index (χ1v) is 10.5. The molecule has 0 atom stereocenters. The molecule has 0 saturated carbocycles. The number of carbonyl (C=O) groups is 2. The van der Waals surface area contributed by atoms with E-state index in [9.17, 15) is 22.8 Å². The summed E-state index contributed by atoms with van der Waals surface area (Å²) in [6.07, 6.45) is 1.68. The highest BCUT2D eigenvalue weighted by Crippen LogP contribution is 2.29. The van der Waals surface area contributed by atoms with Gasteiger partial charge in [-0.15, -0.1) is 0 Å². The van der Waals surface area contributed by atoms with E-state index in [2.05, 4.69) is 30.6 Å². The molecule has 0 spiro atoms. The van der Waals surface area contributed by atoms with Crippen molar-refractivity contribution in [1.82, 2.24) is 20.3 Å². The topological polar surface area (TPSA) is 135 Å². The summed E-state index contributed by atoms with van der Waals surface area (Å²) in [7, 11) is 1.50. The minimum absolute atomic E-state index is 0.205. The zero-order valence-corrected chi connectivity index (χ0v) is 19.3. The lowest BCUT2D eigenvalue weighted by Crippen LogP contribution is -2.19. The molecule has 1 aromatic carbocycles. The fraction of sp³-hybridized carbons (Fsp3) is 0.167. The minimum Gasteiger partial charge on any atom is -0.404 e. The maximum atomic E-state index is 12.5. The number of anilines is 1. The van der Waals surface area contributed by atoms with Crippen LogP contribution in [0.4, 0.5) is 18.9 Å². The van der Waals surface area contributed by atoms with Crippen molar-refractivity contribution in [2.45, 2.75) is 13.1 Å². The Morgan fingerprint density at radius 1 is 1.11 bits per heavy atom. The fourth-order valence-corrected chi connectivity index (χ4v) is 3.13. The molecule has 0 aliphatic heterocycles.